The van der Waals surface area contributed by atoms with Crippen LogP contribution in [0, 0.1) is 5.92 Å². The lowest BCUT2D eigenvalue weighted by molar-refractivity contribution is 0.407. The molecule has 0 aromatic rings. The zero-order valence-electron chi connectivity index (χ0n) is 21.8. The third-order valence-corrected chi connectivity index (χ3v) is 9.00. The van der Waals surface area contributed by atoms with Crippen LogP contribution >= 0.6 is 82.6 Å². The van der Waals surface area contributed by atoms with Crippen LogP contribution in [0.1, 0.15) is 161 Å². The maximum absolute atomic E-state index is 6.27. The standard InChI is InChI=1S/C28H52Br3Cl3/c1-2-3-4-5-17-20-23-26(28(32,33)34)24-21-18-15-13-11-9-7-6-8-10-12-14-16-19-22-25-27(29,30)31/h26H,2-25H2,1H3. The van der Waals surface area contributed by atoms with Crippen molar-refractivity contribution in [3.63, 3.8) is 0 Å². The van der Waals surface area contributed by atoms with E-state index in [0.29, 0.717) is 0 Å². The zero-order chi connectivity index (χ0) is 25.5. The summed E-state index contributed by atoms with van der Waals surface area (Å²) in [5, 5.41) is 0. The van der Waals surface area contributed by atoms with Crippen LogP contribution in [0.4, 0.5) is 0 Å². The van der Waals surface area contributed by atoms with E-state index in [4.69, 9.17) is 34.8 Å². The second kappa shape index (κ2) is 24.4. The Morgan fingerprint density at radius 3 is 1.06 bits per heavy atom. The average molecular weight is 735 g/mol. The van der Waals surface area contributed by atoms with E-state index in [1.54, 1.807) is 0 Å². The molecule has 206 valence electrons. The molecule has 0 aliphatic heterocycles. The van der Waals surface area contributed by atoms with E-state index in [0.717, 1.165) is 19.3 Å². The molecule has 0 N–H and O–H groups in total. The predicted octanol–water partition coefficient (Wildman–Crippen LogP) is 14.2. The van der Waals surface area contributed by atoms with Crippen LogP contribution in [0.3, 0.4) is 0 Å². The normalized spacial score (nSPS) is 13.5. The minimum Gasteiger partial charge on any atom is -0.0834 e. The molecule has 0 saturated carbocycles. The van der Waals surface area contributed by atoms with Gasteiger partial charge in [0.25, 0.3) is 0 Å². The maximum Gasteiger partial charge on any atom is 0.193 e. The summed E-state index contributed by atoms with van der Waals surface area (Å²) in [6.07, 6.45) is 31.5. The summed E-state index contributed by atoms with van der Waals surface area (Å²) >= 11 is 29.5. The third kappa shape index (κ3) is 27.3. The minimum atomic E-state index is -1.09. The summed E-state index contributed by atoms with van der Waals surface area (Å²) in [6.45, 7) is 2.26. The fourth-order valence-electron chi connectivity index (χ4n) is 4.66. The summed E-state index contributed by atoms with van der Waals surface area (Å²) in [7, 11) is 0. The molecular weight excluding hydrogens is 682 g/mol. The molecule has 0 aromatic heterocycles. The summed E-state index contributed by atoms with van der Waals surface area (Å²) in [6, 6.07) is 0. The van der Waals surface area contributed by atoms with Gasteiger partial charge in [0, 0.05) is 5.92 Å². The van der Waals surface area contributed by atoms with Crippen molar-refractivity contribution in [2.24, 2.45) is 5.92 Å². The largest absolute Gasteiger partial charge is 0.193 e. The SMILES string of the molecule is CCCCCCCCC(CCCCCCCCCCCCCCCCCC(Br)(Br)Br)C(Cl)(Cl)Cl. The van der Waals surface area contributed by atoms with Crippen LogP contribution in [-0.4, -0.2) is 5.94 Å². The average Bonchev–Trinajstić information content (AvgIpc) is 2.75. The van der Waals surface area contributed by atoms with Crippen molar-refractivity contribution in [1.29, 1.82) is 0 Å². The minimum absolute atomic E-state index is 0.0468. The zero-order valence-corrected chi connectivity index (χ0v) is 28.8. The molecule has 1 unspecified atom stereocenters. The number of halogens is 6. The molecule has 34 heavy (non-hydrogen) atoms. The van der Waals surface area contributed by atoms with E-state index in [1.807, 2.05) is 0 Å². The first-order chi connectivity index (χ1) is 16.2. The highest BCUT2D eigenvalue weighted by atomic mass is 80.0. The molecule has 0 saturated heterocycles. The van der Waals surface area contributed by atoms with Gasteiger partial charge >= 0.3 is 0 Å². The third-order valence-electron chi connectivity index (χ3n) is 6.88. The Morgan fingerprint density at radius 2 is 0.765 bits per heavy atom. The lowest BCUT2D eigenvalue weighted by Gasteiger charge is -2.24. The van der Waals surface area contributed by atoms with Crippen LogP contribution in [-0.2, 0) is 0 Å². The highest BCUT2D eigenvalue weighted by Gasteiger charge is 2.31. The first-order valence-electron chi connectivity index (χ1n) is 14.3. The van der Waals surface area contributed by atoms with Gasteiger partial charge in [-0.1, -0.05) is 224 Å². The van der Waals surface area contributed by atoms with Crippen molar-refractivity contribution >= 4 is 82.6 Å². The fraction of sp³-hybridized carbons (Fsp3) is 1.00. The number of hydrogen-bond acceptors (Lipinski definition) is 0. The summed E-state index contributed by atoms with van der Waals surface area (Å²) < 4.78 is -1.14. The molecule has 0 rings (SSSR count). The topological polar surface area (TPSA) is 0 Å². The van der Waals surface area contributed by atoms with Crippen molar-refractivity contribution in [2.45, 2.75) is 167 Å². The lowest BCUT2D eigenvalue weighted by atomic mass is 9.95. The van der Waals surface area contributed by atoms with E-state index in [-0.39, 0.29) is 8.06 Å². The van der Waals surface area contributed by atoms with Crippen LogP contribution in [0.2, 0.25) is 0 Å². The molecule has 0 fully saturated rings. The van der Waals surface area contributed by atoms with Gasteiger partial charge in [0.05, 0.1) is 0 Å². The number of hydrogen-bond donors (Lipinski definition) is 0. The Labute approximate surface area is 253 Å². The molecule has 0 heterocycles. The predicted molar refractivity (Wildman–Crippen MR) is 170 cm³/mol. The van der Waals surface area contributed by atoms with Crippen molar-refractivity contribution in [3.05, 3.63) is 0 Å². The highest BCUT2D eigenvalue weighted by Crippen LogP contribution is 2.41. The van der Waals surface area contributed by atoms with E-state index >= 15 is 0 Å². The first-order valence-corrected chi connectivity index (χ1v) is 17.8. The summed E-state index contributed by atoms with van der Waals surface area (Å²) in [4.78, 5) is 0. The van der Waals surface area contributed by atoms with E-state index in [1.165, 1.54) is 135 Å². The van der Waals surface area contributed by atoms with Gasteiger partial charge in [-0.2, -0.15) is 0 Å². The number of alkyl halides is 6. The quantitative estimate of drug-likeness (QED) is 0.0684. The van der Waals surface area contributed by atoms with Gasteiger partial charge in [-0.3, -0.25) is 0 Å². The van der Waals surface area contributed by atoms with Gasteiger partial charge in [-0.25, -0.2) is 0 Å². The Bertz CT molecular complexity index is 422. The monoisotopic (exact) mass is 730 g/mol. The molecule has 6 heteroatoms. The molecule has 0 nitrogen and oxygen atoms in total. The van der Waals surface area contributed by atoms with Gasteiger partial charge in [0.15, 0.2) is 3.79 Å². The van der Waals surface area contributed by atoms with E-state index in [2.05, 4.69) is 54.7 Å². The van der Waals surface area contributed by atoms with Crippen LogP contribution in [0.5, 0.6) is 0 Å². The molecule has 0 radical (unpaired) electrons. The smallest absolute Gasteiger partial charge is 0.0834 e. The van der Waals surface area contributed by atoms with Gasteiger partial charge < -0.3 is 0 Å². The van der Waals surface area contributed by atoms with Crippen molar-refractivity contribution in [3.8, 4) is 0 Å². The number of unbranched alkanes of at least 4 members (excludes halogenated alkanes) is 19. The molecule has 0 bridgehead atoms. The molecule has 0 aliphatic rings. The van der Waals surface area contributed by atoms with Crippen LogP contribution in [0.15, 0.2) is 0 Å². The second-order valence-electron chi connectivity index (χ2n) is 10.3. The first kappa shape index (κ1) is 36.3. The van der Waals surface area contributed by atoms with Gasteiger partial charge in [0.2, 0.25) is 0 Å². The van der Waals surface area contributed by atoms with Crippen molar-refractivity contribution in [1.82, 2.24) is 0 Å². The molecule has 0 amide bonds. The summed E-state index contributed by atoms with van der Waals surface area (Å²) in [5.74, 6) is 0.223. The van der Waals surface area contributed by atoms with Crippen LogP contribution in [0.25, 0.3) is 0 Å². The molecule has 0 aromatic carbocycles. The van der Waals surface area contributed by atoms with Gasteiger partial charge in [-0.05, 0) is 19.3 Å². The molecular formula is C28H52Br3Cl3. The number of rotatable bonds is 24. The second-order valence-corrected chi connectivity index (χ2v) is 19.9. The molecule has 1 atom stereocenters. The van der Waals surface area contributed by atoms with Crippen molar-refractivity contribution in [2.75, 3.05) is 0 Å². The van der Waals surface area contributed by atoms with E-state index in [9.17, 15) is 0 Å². The Balaban J connectivity index is 3.45. The van der Waals surface area contributed by atoms with E-state index < -0.39 is 3.79 Å². The van der Waals surface area contributed by atoms with Crippen molar-refractivity contribution < 1.29 is 0 Å². The summed E-state index contributed by atoms with van der Waals surface area (Å²) in [5.41, 5.74) is 0. The fourth-order valence-corrected chi connectivity index (χ4v) is 6.15. The Morgan fingerprint density at radius 1 is 0.471 bits per heavy atom. The van der Waals surface area contributed by atoms with Crippen LogP contribution < -0.4 is 0 Å². The Kier molecular flexibility index (Phi) is 26.0. The molecule has 0 aliphatic carbocycles. The molecule has 0 spiro atoms. The Hall–Kier alpha value is 2.31. The highest BCUT2D eigenvalue weighted by molar-refractivity contribution is 9.39. The lowest BCUT2D eigenvalue weighted by Crippen LogP contribution is -2.19. The van der Waals surface area contributed by atoms with Gasteiger partial charge in [0.1, 0.15) is 2.14 Å². The van der Waals surface area contributed by atoms with Gasteiger partial charge in [-0.15, -0.1) is 0 Å². The maximum atomic E-state index is 6.27.